The van der Waals surface area contributed by atoms with Crippen LogP contribution in [-0.4, -0.2) is 47.2 Å². The van der Waals surface area contributed by atoms with Crippen molar-refractivity contribution < 1.29 is 8.42 Å². The van der Waals surface area contributed by atoms with Gasteiger partial charge >= 0.3 is 0 Å². The normalized spacial score (nSPS) is 17.7. The highest BCUT2D eigenvalue weighted by molar-refractivity contribution is 7.88. The zero-order valence-electron chi connectivity index (χ0n) is 12.6. The van der Waals surface area contributed by atoms with Crippen molar-refractivity contribution in [2.75, 3.05) is 19.3 Å². The third kappa shape index (κ3) is 3.53. The minimum absolute atomic E-state index is 0.526. The van der Waals surface area contributed by atoms with Crippen LogP contribution in [0.1, 0.15) is 18.4 Å². The first kappa shape index (κ1) is 15.2. The Morgan fingerprint density at radius 2 is 2.05 bits per heavy atom. The minimum Gasteiger partial charge on any atom is -0.276 e. The van der Waals surface area contributed by atoms with Crippen molar-refractivity contribution in [2.45, 2.75) is 19.3 Å². The lowest BCUT2D eigenvalue weighted by Gasteiger charge is -2.30. The molecule has 0 bridgehead atoms. The predicted octanol–water partition coefficient (Wildman–Crippen LogP) is 1.69. The fourth-order valence-corrected chi connectivity index (χ4v) is 3.76. The molecule has 2 aromatic rings. The molecule has 3 rings (SSSR count). The molecule has 1 saturated heterocycles. The molecule has 3 heterocycles. The average Bonchev–Trinajstić information content (AvgIpc) is 3.02. The molecule has 7 heteroatoms. The van der Waals surface area contributed by atoms with Gasteiger partial charge in [0.05, 0.1) is 17.6 Å². The van der Waals surface area contributed by atoms with Crippen molar-refractivity contribution in [2.24, 2.45) is 5.92 Å². The van der Waals surface area contributed by atoms with E-state index >= 15 is 0 Å². The van der Waals surface area contributed by atoms with Crippen molar-refractivity contribution in [3.63, 3.8) is 0 Å². The molecule has 1 aliphatic rings. The van der Waals surface area contributed by atoms with Crippen LogP contribution in [-0.2, 0) is 16.4 Å². The van der Waals surface area contributed by atoms with E-state index in [4.69, 9.17) is 0 Å². The molecule has 22 heavy (non-hydrogen) atoms. The Morgan fingerprint density at radius 3 is 2.59 bits per heavy atom. The van der Waals surface area contributed by atoms with Crippen LogP contribution in [0.4, 0.5) is 0 Å². The van der Waals surface area contributed by atoms with Crippen LogP contribution < -0.4 is 0 Å². The summed E-state index contributed by atoms with van der Waals surface area (Å²) >= 11 is 0. The number of hydrogen-bond donors (Lipinski definition) is 1. The van der Waals surface area contributed by atoms with E-state index < -0.39 is 10.0 Å². The molecule has 0 unspecified atom stereocenters. The van der Waals surface area contributed by atoms with Gasteiger partial charge in [0.25, 0.3) is 0 Å². The molecule has 1 N–H and O–H groups in total. The molecule has 0 atom stereocenters. The molecule has 0 saturated carbocycles. The Balaban J connectivity index is 1.58. The van der Waals surface area contributed by atoms with Gasteiger partial charge in [-0.3, -0.25) is 10.1 Å². The molecule has 0 spiro atoms. The van der Waals surface area contributed by atoms with Crippen LogP contribution in [0.15, 0.2) is 30.6 Å². The molecule has 0 radical (unpaired) electrons. The first-order valence-electron chi connectivity index (χ1n) is 7.42. The fourth-order valence-electron chi connectivity index (χ4n) is 2.88. The van der Waals surface area contributed by atoms with E-state index in [9.17, 15) is 8.42 Å². The molecule has 0 aliphatic carbocycles. The molecule has 0 amide bonds. The summed E-state index contributed by atoms with van der Waals surface area (Å²) in [6.45, 7) is 1.26. The first-order valence-corrected chi connectivity index (χ1v) is 9.27. The summed E-state index contributed by atoms with van der Waals surface area (Å²) in [5.41, 5.74) is 2.99. The molecule has 1 fully saturated rings. The maximum atomic E-state index is 11.5. The summed E-state index contributed by atoms with van der Waals surface area (Å²) in [5, 5.41) is 6.82. The Labute approximate surface area is 130 Å². The van der Waals surface area contributed by atoms with E-state index in [-0.39, 0.29) is 0 Å². The number of aromatic amines is 1. The lowest BCUT2D eigenvalue weighted by atomic mass is 9.91. The Bertz CT molecular complexity index is 703. The Morgan fingerprint density at radius 1 is 1.27 bits per heavy atom. The van der Waals surface area contributed by atoms with Gasteiger partial charge < -0.3 is 0 Å². The van der Waals surface area contributed by atoms with Gasteiger partial charge in [-0.25, -0.2) is 12.7 Å². The summed E-state index contributed by atoms with van der Waals surface area (Å²) in [6.07, 6.45) is 7.67. The van der Waals surface area contributed by atoms with Crippen LogP contribution >= 0.6 is 0 Å². The van der Waals surface area contributed by atoms with E-state index in [2.05, 4.69) is 21.2 Å². The van der Waals surface area contributed by atoms with E-state index in [1.54, 1.807) is 10.5 Å². The second-order valence-corrected chi connectivity index (χ2v) is 7.81. The van der Waals surface area contributed by atoms with Crippen LogP contribution in [0.3, 0.4) is 0 Å². The number of H-pyrrole nitrogens is 1. The molecular formula is C15H20N4O2S. The van der Waals surface area contributed by atoms with Gasteiger partial charge in [0.1, 0.15) is 0 Å². The standard InChI is InChI=1S/C15H20N4O2S/c1-22(20,21)19-8-5-12(6-9-19)10-13-2-3-14(16-11-13)15-4-7-17-18-15/h2-4,7,11-12H,5-6,8-10H2,1H3,(H,17,18). The second-order valence-electron chi connectivity index (χ2n) is 5.83. The van der Waals surface area contributed by atoms with Crippen molar-refractivity contribution in [1.29, 1.82) is 0 Å². The second kappa shape index (κ2) is 6.18. The Kier molecular flexibility index (Phi) is 4.26. The zero-order valence-corrected chi connectivity index (χ0v) is 13.4. The SMILES string of the molecule is CS(=O)(=O)N1CCC(Cc2ccc(-c3ccn[nH]3)nc2)CC1. The van der Waals surface area contributed by atoms with Crippen molar-refractivity contribution in [1.82, 2.24) is 19.5 Å². The maximum Gasteiger partial charge on any atom is 0.211 e. The fraction of sp³-hybridized carbons (Fsp3) is 0.467. The quantitative estimate of drug-likeness (QED) is 0.929. The predicted molar refractivity (Wildman–Crippen MR) is 84.7 cm³/mol. The highest BCUT2D eigenvalue weighted by Crippen LogP contribution is 2.23. The summed E-state index contributed by atoms with van der Waals surface area (Å²) in [5.74, 6) is 0.526. The lowest BCUT2D eigenvalue weighted by molar-refractivity contribution is 0.274. The van der Waals surface area contributed by atoms with E-state index in [1.165, 1.54) is 11.8 Å². The van der Waals surface area contributed by atoms with Gasteiger partial charge in [-0.15, -0.1) is 0 Å². The summed E-state index contributed by atoms with van der Waals surface area (Å²) in [7, 11) is -3.04. The number of rotatable bonds is 4. The summed E-state index contributed by atoms with van der Waals surface area (Å²) in [6, 6.07) is 5.98. The topological polar surface area (TPSA) is 79.0 Å². The molecular weight excluding hydrogens is 300 g/mol. The number of sulfonamides is 1. The Hall–Kier alpha value is -1.73. The maximum absolute atomic E-state index is 11.5. The van der Waals surface area contributed by atoms with Gasteiger partial charge in [-0.1, -0.05) is 6.07 Å². The molecule has 1 aliphatic heterocycles. The van der Waals surface area contributed by atoms with Crippen molar-refractivity contribution in [3.05, 3.63) is 36.2 Å². The zero-order chi connectivity index (χ0) is 15.6. The third-order valence-electron chi connectivity index (χ3n) is 4.17. The van der Waals surface area contributed by atoms with Crippen molar-refractivity contribution in [3.8, 4) is 11.4 Å². The lowest BCUT2D eigenvalue weighted by Crippen LogP contribution is -2.38. The molecule has 118 valence electrons. The molecule has 0 aromatic carbocycles. The van der Waals surface area contributed by atoms with Gasteiger partial charge in [-0.2, -0.15) is 5.10 Å². The van der Waals surface area contributed by atoms with E-state index in [0.29, 0.717) is 19.0 Å². The first-order chi connectivity index (χ1) is 10.5. The smallest absolute Gasteiger partial charge is 0.211 e. The number of piperidine rings is 1. The van der Waals surface area contributed by atoms with Crippen LogP contribution in [0.2, 0.25) is 0 Å². The highest BCUT2D eigenvalue weighted by atomic mass is 32.2. The summed E-state index contributed by atoms with van der Waals surface area (Å²) in [4.78, 5) is 4.46. The molecule has 2 aromatic heterocycles. The van der Waals surface area contributed by atoms with Gasteiger partial charge in [-0.05, 0) is 42.9 Å². The minimum atomic E-state index is -3.04. The number of aromatic nitrogens is 3. The van der Waals surface area contributed by atoms with Gasteiger partial charge in [0.2, 0.25) is 10.0 Å². The van der Waals surface area contributed by atoms with Crippen LogP contribution in [0, 0.1) is 5.92 Å². The number of hydrogen-bond acceptors (Lipinski definition) is 4. The monoisotopic (exact) mass is 320 g/mol. The largest absolute Gasteiger partial charge is 0.276 e. The van der Waals surface area contributed by atoms with E-state index in [0.717, 1.165) is 30.7 Å². The number of nitrogens with one attached hydrogen (secondary N) is 1. The van der Waals surface area contributed by atoms with E-state index in [1.807, 2.05) is 18.3 Å². The van der Waals surface area contributed by atoms with Crippen molar-refractivity contribution >= 4 is 10.0 Å². The third-order valence-corrected chi connectivity index (χ3v) is 5.47. The average molecular weight is 320 g/mol. The van der Waals surface area contributed by atoms with Gasteiger partial charge in [0, 0.05) is 25.5 Å². The van der Waals surface area contributed by atoms with Crippen LogP contribution in [0.25, 0.3) is 11.4 Å². The summed E-state index contributed by atoms with van der Waals surface area (Å²) < 4.78 is 24.6. The highest BCUT2D eigenvalue weighted by Gasteiger charge is 2.24. The molecule has 6 nitrogen and oxygen atoms in total. The van der Waals surface area contributed by atoms with Crippen LogP contribution in [0.5, 0.6) is 0 Å². The van der Waals surface area contributed by atoms with Gasteiger partial charge in [0.15, 0.2) is 0 Å². The number of pyridine rings is 1. The number of nitrogens with zero attached hydrogens (tertiary/aromatic N) is 3.